The Morgan fingerprint density at radius 1 is 1.28 bits per heavy atom. The van der Waals surface area contributed by atoms with Gasteiger partial charge in [0.05, 0.1) is 5.69 Å². The zero-order valence-electron chi connectivity index (χ0n) is 11.1. The third-order valence-electron chi connectivity index (χ3n) is 4.74. The summed E-state index contributed by atoms with van der Waals surface area (Å²) in [5, 5.41) is 3.51. The predicted octanol–water partition coefficient (Wildman–Crippen LogP) is 1.44. The Morgan fingerprint density at radius 3 is 2.61 bits per heavy atom. The minimum atomic E-state index is 0.742. The van der Waals surface area contributed by atoms with Gasteiger partial charge in [-0.2, -0.15) is 0 Å². The van der Waals surface area contributed by atoms with E-state index in [4.69, 9.17) is 4.98 Å². The molecule has 0 spiro atoms. The SMILES string of the molecule is CCc1cn(C2CC2)c(N2C[C@H]3CNC[C@H]3C2)n1. The Morgan fingerprint density at radius 2 is 2.00 bits per heavy atom. The Kier molecular flexibility index (Phi) is 2.40. The van der Waals surface area contributed by atoms with Crippen molar-refractivity contribution >= 4 is 5.95 Å². The highest BCUT2D eigenvalue weighted by atomic mass is 15.3. The molecule has 1 aromatic heterocycles. The fourth-order valence-electron chi connectivity index (χ4n) is 3.48. The molecule has 3 heterocycles. The number of rotatable bonds is 3. The van der Waals surface area contributed by atoms with Crippen LogP contribution in [0.4, 0.5) is 5.95 Å². The fourth-order valence-corrected chi connectivity index (χ4v) is 3.48. The van der Waals surface area contributed by atoms with Crippen molar-refractivity contribution in [1.29, 1.82) is 0 Å². The van der Waals surface area contributed by atoms with E-state index < -0.39 is 0 Å². The van der Waals surface area contributed by atoms with Gasteiger partial charge in [-0.1, -0.05) is 6.92 Å². The number of aromatic nitrogens is 2. The van der Waals surface area contributed by atoms with Gasteiger partial charge in [-0.25, -0.2) is 4.98 Å². The molecule has 4 rings (SSSR count). The van der Waals surface area contributed by atoms with Crippen LogP contribution in [-0.4, -0.2) is 35.7 Å². The van der Waals surface area contributed by atoms with Crippen molar-refractivity contribution in [1.82, 2.24) is 14.9 Å². The Bertz CT molecular complexity index is 437. The molecule has 0 unspecified atom stereocenters. The quantitative estimate of drug-likeness (QED) is 0.876. The standard InChI is InChI=1S/C14H22N4/c1-2-12-9-18(13-3-4-13)14(16-12)17-7-10-5-15-6-11(10)8-17/h9-11,13,15H,2-8H2,1H3/t10-,11+. The molecule has 2 saturated heterocycles. The van der Waals surface area contributed by atoms with E-state index >= 15 is 0 Å². The molecule has 0 radical (unpaired) electrons. The number of anilines is 1. The molecule has 0 amide bonds. The fraction of sp³-hybridized carbons (Fsp3) is 0.786. The smallest absolute Gasteiger partial charge is 0.205 e. The molecular weight excluding hydrogens is 224 g/mol. The molecule has 1 aromatic rings. The highest BCUT2D eigenvalue weighted by Crippen LogP contribution is 2.40. The third kappa shape index (κ3) is 1.66. The third-order valence-corrected chi connectivity index (χ3v) is 4.74. The van der Waals surface area contributed by atoms with Crippen LogP contribution in [0.15, 0.2) is 6.20 Å². The molecule has 1 aliphatic carbocycles. The Balaban J connectivity index is 1.61. The Labute approximate surface area is 108 Å². The van der Waals surface area contributed by atoms with Crippen molar-refractivity contribution in [2.45, 2.75) is 32.2 Å². The molecule has 2 aliphatic heterocycles. The first-order valence-electron chi connectivity index (χ1n) is 7.38. The number of imidazole rings is 1. The minimum absolute atomic E-state index is 0.742. The summed E-state index contributed by atoms with van der Waals surface area (Å²) in [5.74, 6) is 2.95. The maximum absolute atomic E-state index is 4.87. The molecule has 3 fully saturated rings. The lowest BCUT2D eigenvalue weighted by molar-refractivity contribution is 0.533. The van der Waals surface area contributed by atoms with Gasteiger partial charge >= 0.3 is 0 Å². The summed E-state index contributed by atoms with van der Waals surface area (Å²) in [6, 6.07) is 0.742. The summed E-state index contributed by atoms with van der Waals surface area (Å²) in [4.78, 5) is 7.40. The first-order chi connectivity index (χ1) is 8.85. The summed E-state index contributed by atoms with van der Waals surface area (Å²) < 4.78 is 2.45. The summed E-state index contributed by atoms with van der Waals surface area (Å²) in [5.41, 5.74) is 1.26. The van der Waals surface area contributed by atoms with Crippen molar-refractivity contribution in [2.24, 2.45) is 11.8 Å². The van der Waals surface area contributed by atoms with Gasteiger partial charge in [0.25, 0.3) is 0 Å². The van der Waals surface area contributed by atoms with E-state index in [1.54, 1.807) is 0 Å². The van der Waals surface area contributed by atoms with Crippen LogP contribution in [-0.2, 0) is 6.42 Å². The molecule has 0 bridgehead atoms. The van der Waals surface area contributed by atoms with Gasteiger partial charge in [0, 0.05) is 38.4 Å². The van der Waals surface area contributed by atoms with Crippen molar-refractivity contribution in [3.8, 4) is 0 Å². The van der Waals surface area contributed by atoms with Crippen molar-refractivity contribution < 1.29 is 0 Å². The van der Waals surface area contributed by atoms with Crippen molar-refractivity contribution in [3.63, 3.8) is 0 Å². The van der Waals surface area contributed by atoms with E-state index in [2.05, 4.69) is 27.9 Å². The summed E-state index contributed by atoms with van der Waals surface area (Å²) in [7, 11) is 0. The van der Waals surface area contributed by atoms with Gasteiger partial charge in [-0.05, 0) is 31.1 Å². The number of aryl methyl sites for hydroxylation is 1. The van der Waals surface area contributed by atoms with Crippen LogP contribution in [0.25, 0.3) is 0 Å². The molecule has 4 heteroatoms. The lowest BCUT2D eigenvalue weighted by Gasteiger charge is -2.19. The lowest BCUT2D eigenvalue weighted by atomic mass is 10.0. The lowest BCUT2D eigenvalue weighted by Crippen LogP contribution is -2.27. The van der Waals surface area contributed by atoms with E-state index in [1.807, 2.05) is 0 Å². The number of hydrogen-bond donors (Lipinski definition) is 1. The zero-order chi connectivity index (χ0) is 12.1. The van der Waals surface area contributed by atoms with Gasteiger partial charge in [-0.15, -0.1) is 0 Å². The largest absolute Gasteiger partial charge is 0.342 e. The van der Waals surface area contributed by atoms with Gasteiger partial charge in [0.15, 0.2) is 0 Å². The maximum atomic E-state index is 4.87. The van der Waals surface area contributed by atoms with Gasteiger partial charge < -0.3 is 14.8 Å². The van der Waals surface area contributed by atoms with Crippen LogP contribution in [0.2, 0.25) is 0 Å². The van der Waals surface area contributed by atoms with E-state index in [9.17, 15) is 0 Å². The first-order valence-corrected chi connectivity index (χ1v) is 7.38. The second kappa shape index (κ2) is 3.98. The number of nitrogens with one attached hydrogen (secondary N) is 1. The predicted molar refractivity (Wildman–Crippen MR) is 71.9 cm³/mol. The first kappa shape index (κ1) is 10.9. The number of hydrogen-bond acceptors (Lipinski definition) is 3. The van der Waals surface area contributed by atoms with E-state index in [1.165, 1.54) is 50.7 Å². The second-order valence-corrected chi connectivity index (χ2v) is 6.11. The van der Waals surface area contributed by atoms with Crippen molar-refractivity contribution in [3.05, 3.63) is 11.9 Å². The van der Waals surface area contributed by atoms with Crippen LogP contribution < -0.4 is 10.2 Å². The van der Waals surface area contributed by atoms with E-state index in [0.29, 0.717) is 0 Å². The molecule has 2 atom stereocenters. The minimum Gasteiger partial charge on any atom is -0.342 e. The molecule has 4 nitrogen and oxygen atoms in total. The summed E-state index contributed by atoms with van der Waals surface area (Å²) in [6.45, 7) is 7.00. The molecular formula is C14H22N4. The summed E-state index contributed by atoms with van der Waals surface area (Å²) in [6.07, 6.45) is 6.03. The van der Waals surface area contributed by atoms with Crippen LogP contribution in [0.1, 0.15) is 31.5 Å². The van der Waals surface area contributed by atoms with Gasteiger partial charge in [0.1, 0.15) is 0 Å². The van der Waals surface area contributed by atoms with Gasteiger partial charge in [0.2, 0.25) is 5.95 Å². The average molecular weight is 246 g/mol. The van der Waals surface area contributed by atoms with Crippen LogP contribution in [0, 0.1) is 11.8 Å². The molecule has 18 heavy (non-hydrogen) atoms. The van der Waals surface area contributed by atoms with E-state index in [0.717, 1.165) is 24.3 Å². The van der Waals surface area contributed by atoms with Gasteiger partial charge in [-0.3, -0.25) is 0 Å². The molecule has 0 aromatic carbocycles. The monoisotopic (exact) mass is 246 g/mol. The maximum Gasteiger partial charge on any atom is 0.205 e. The molecule has 1 saturated carbocycles. The molecule has 1 N–H and O–H groups in total. The molecule has 98 valence electrons. The average Bonchev–Trinajstić information content (AvgIpc) is 2.83. The molecule has 3 aliphatic rings. The zero-order valence-corrected chi connectivity index (χ0v) is 11.1. The Hall–Kier alpha value is -1.03. The highest BCUT2D eigenvalue weighted by Gasteiger charge is 2.39. The summed E-state index contributed by atoms with van der Waals surface area (Å²) >= 11 is 0. The normalized spacial score (nSPS) is 31.1. The van der Waals surface area contributed by atoms with Crippen molar-refractivity contribution in [2.75, 3.05) is 31.1 Å². The van der Waals surface area contributed by atoms with Crippen LogP contribution in [0.3, 0.4) is 0 Å². The number of fused-ring (bicyclic) bond motifs is 1. The number of nitrogens with zero attached hydrogens (tertiary/aromatic N) is 3. The van der Waals surface area contributed by atoms with E-state index in [-0.39, 0.29) is 0 Å². The second-order valence-electron chi connectivity index (χ2n) is 6.11. The highest BCUT2D eigenvalue weighted by molar-refractivity contribution is 5.37. The van der Waals surface area contributed by atoms with Crippen LogP contribution in [0.5, 0.6) is 0 Å². The topological polar surface area (TPSA) is 33.1 Å². The van der Waals surface area contributed by atoms with Crippen LogP contribution >= 0.6 is 0 Å².